The fraction of sp³-hybridized carbons (Fsp3) is 0.667. The van der Waals surface area contributed by atoms with E-state index in [1.165, 1.54) is 11.3 Å². The Morgan fingerprint density at radius 1 is 1.44 bits per heavy atom. The highest BCUT2D eigenvalue weighted by Gasteiger charge is 2.28. The van der Waals surface area contributed by atoms with Crippen molar-refractivity contribution in [3.05, 3.63) is 15.8 Å². The van der Waals surface area contributed by atoms with Crippen LogP contribution in [0.25, 0.3) is 0 Å². The van der Waals surface area contributed by atoms with Gasteiger partial charge in [0.25, 0.3) is 0 Å². The molecule has 0 amide bonds. The number of hydrogen-bond donors (Lipinski definition) is 1. The molecule has 0 radical (unpaired) electrons. The molecule has 1 aromatic rings. The molecule has 0 fully saturated rings. The zero-order chi connectivity index (χ0) is 13.9. The van der Waals surface area contributed by atoms with Crippen LogP contribution in [0.1, 0.15) is 36.9 Å². The molecule has 0 unspecified atom stereocenters. The second-order valence-corrected chi connectivity index (χ2v) is 7.75. The van der Waals surface area contributed by atoms with Crippen molar-refractivity contribution >= 4 is 21.4 Å². The molecule has 4 nitrogen and oxygen atoms in total. The van der Waals surface area contributed by atoms with Crippen molar-refractivity contribution in [3.8, 4) is 0 Å². The zero-order valence-electron chi connectivity index (χ0n) is 11.4. The molecule has 0 aliphatic carbocycles. The van der Waals surface area contributed by atoms with E-state index in [1.807, 2.05) is 27.7 Å². The van der Waals surface area contributed by atoms with E-state index in [1.54, 1.807) is 10.4 Å². The van der Waals surface area contributed by atoms with Gasteiger partial charge in [0.05, 0.1) is 4.90 Å². The Kier molecular flexibility index (Phi) is 5.33. The lowest BCUT2D eigenvalue weighted by Crippen LogP contribution is -2.37. The van der Waals surface area contributed by atoms with Crippen LogP contribution in [0.15, 0.2) is 11.0 Å². The zero-order valence-corrected chi connectivity index (χ0v) is 13.1. The molecule has 1 aromatic heterocycles. The van der Waals surface area contributed by atoms with Crippen LogP contribution in [0, 0.1) is 6.92 Å². The number of sulfonamides is 1. The molecule has 1 heterocycles. The first-order valence-electron chi connectivity index (χ1n) is 6.15. The molecule has 0 bridgehead atoms. The summed E-state index contributed by atoms with van der Waals surface area (Å²) in [4.78, 5) is 2.14. The van der Waals surface area contributed by atoms with Crippen LogP contribution in [0.4, 0.5) is 0 Å². The molecule has 0 aliphatic rings. The molecule has 0 aromatic carbocycles. The molecule has 0 saturated heterocycles. The summed E-state index contributed by atoms with van der Waals surface area (Å²) < 4.78 is 26.8. The summed E-state index contributed by atoms with van der Waals surface area (Å²) >= 11 is 1.46. The maximum absolute atomic E-state index is 12.6. The predicted molar refractivity (Wildman–Crippen MR) is 76.3 cm³/mol. The Morgan fingerprint density at radius 2 is 2.06 bits per heavy atom. The summed E-state index contributed by atoms with van der Waals surface area (Å²) in [5.74, 6) is 0. The van der Waals surface area contributed by atoms with Crippen LogP contribution >= 0.6 is 11.3 Å². The van der Waals surface area contributed by atoms with Crippen LogP contribution in [-0.4, -0.2) is 25.3 Å². The van der Waals surface area contributed by atoms with Gasteiger partial charge in [0.1, 0.15) is 0 Å². The molecule has 1 rings (SSSR count). The van der Waals surface area contributed by atoms with Crippen molar-refractivity contribution in [2.75, 3.05) is 6.54 Å². The number of aryl methyl sites for hydroxylation is 1. The third-order valence-corrected chi connectivity index (χ3v) is 6.13. The van der Waals surface area contributed by atoms with Crippen molar-refractivity contribution in [3.63, 3.8) is 0 Å². The van der Waals surface area contributed by atoms with Crippen molar-refractivity contribution in [1.82, 2.24) is 4.31 Å². The van der Waals surface area contributed by atoms with Gasteiger partial charge >= 0.3 is 0 Å². The van der Waals surface area contributed by atoms with Gasteiger partial charge in [-0.05, 0) is 33.3 Å². The Bertz CT molecular complexity index is 492. The summed E-state index contributed by atoms with van der Waals surface area (Å²) in [5, 5.41) is 0. The number of hydrogen-bond acceptors (Lipinski definition) is 4. The number of rotatable bonds is 6. The van der Waals surface area contributed by atoms with E-state index in [2.05, 4.69) is 0 Å². The Hall–Kier alpha value is -0.430. The summed E-state index contributed by atoms with van der Waals surface area (Å²) in [5.41, 5.74) is 5.57. The van der Waals surface area contributed by atoms with Gasteiger partial charge in [-0.15, -0.1) is 11.3 Å². The molecule has 0 spiro atoms. The maximum atomic E-state index is 12.6. The van der Waals surface area contributed by atoms with Crippen molar-refractivity contribution in [1.29, 1.82) is 0 Å². The topological polar surface area (TPSA) is 63.4 Å². The molecule has 0 atom stereocenters. The van der Waals surface area contributed by atoms with Crippen molar-refractivity contribution < 1.29 is 8.42 Å². The molecule has 0 aliphatic heterocycles. The van der Waals surface area contributed by atoms with Gasteiger partial charge in [0.15, 0.2) is 0 Å². The molecule has 2 N–H and O–H groups in total. The highest BCUT2D eigenvalue weighted by Crippen LogP contribution is 2.29. The van der Waals surface area contributed by atoms with E-state index in [9.17, 15) is 8.42 Å². The third kappa shape index (κ3) is 3.12. The van der Waals surface area contributed by atoms with E-state index in [-0.39, 0.29) is 6.04 Å². The molecule has 104 valence electrons. The summed E-state index contributed by atoms with van der Waals surface area (Å²) in [6.45, 7) is 8.55. The lowest BCUT2D eigenvalue weighted by atomic mass is 10.4. The largest absolute Gasteiger partial charge is 0.326 e. The van der Waals surface area contributed by atoms with E-state index in [0.717, 1.165) is 16.2 Å². The van der Waals surface area contributed by atoms with Gasteiger partial charge in [-0.3, -0.25) is 0 Å². The van der Waals surface area contributed by atoms with Gasteiger partial charge < -0.3 is 5.73 Å². The number of nitrogens with two attached hydrogens (primary N) is 1. The van der Waals surface area contributed by atoms with Crippen molar-refractivity contribution in [2.24, 2.45) is 5.73 Å². The standard InChI is InChI=1S/C12H22N2O2S2/c1-5-6-14(9(2)3)18(15,16)12-7-11(8-13)17-10(12)4/h7,9H,5-6,8,13H2,1-4H3. The quantitative estimate of drug-likeness (QED) is 0.874. The van der Waals surface area contributed by atoms with Crippen LogP contribution in [0.3, 0.4) is 0 Å². The highest BCUT2D eigenvalue weighted by atomic mass is 32.2. The fourth-order valence-electron chi connectivity index (χ4n) is 1.88. The number of nitrogens with zero attached hydrogens (tertiary/aromatic N) is 1. The van der Waals surface area contributed by atoms with E-state index in [0.29, 0.717) is 18.0 Å². The molecular formula is C12H22N2O2S2. The lowest BCUT2D eigenvalue weighted by Gasteiger charge is -2.25. The molecular weight excluding hydrogens is 268 g/mol. The van der Waals surface area contributed by atoms with Gasteiger partial charge in [-0.1, -0.05) is 6.92 Å². The minimum absolute atomic E-state index is 0.0319. The summed E-state index contributed by atoms with van der Waals surface area (Å²) in [7, 11) is -3.39. The van der Waals surface area contributed by atoms with Crippen LogP contribution < -0.4 is 5.73 Å². The van der Waals surface area contributed by atoms with Gasteiger partial charge in [-0.2, -0.15) is 4.31 Å². The first-order valence-corrected chi connectivity index (χ1v) is 8.41. The van der Waals surface area contributed by atoms with Gasteiger partial charge in [-0.25, -0.2) is 8.42 Å². The SMILES string of the molecule is CCCN(C(C)C)S(=O)(=O)c1cc(CN)sc1C. The smallest absolute Gasteiger partial charge is 0.244 e. The van der Waals surface area contributed by atoms with Crippen molar-refractivity contribution in [2.45, 2.75) is 51.6 Å². The predicted octanol–water partition coefficient (Wildman–Crippen LogP) is 2.32. The van der Waals surface area contributed by atoms with E-state index in [4.69, 9.17) is 5.73 Å². The van der Waals surface area contributed by atoms with Crippen LogP contribution in [-0.2, 0) is 16.6 Å². The minimum atomic E-state index is -3.39. The number of thiophene rings is 1. The second kappa shape index (κ2) is 6.14. The lowest BCUT2D eigenvalue weighted by molar-refractivity contribution is 0.354. The monoisotopic (exact) mass is 290 g/mol. The normalized spacial score (nSPS) is 12.6. The Morgan fingerprint density at radius 3 is 2.44 bits per heavy atom. The van der Waals surface area contributed by atoms with Gasteiger partial charge in [0, 0.05) is 28.9 Å². The molecule has 18 heavy (non-hydrogen) atoms. The van der Waals surface area contributed by atoms with E-state index >= 15 is 0 Å². The van der Waals surface area contributed by atoms with E-state index < -0.39 is 10.0 Å². The average Bonchev–Trinajstić information content (AvgIpc) is 2.67. The molecule has 6 heteroatoms. The second-order valence-electron chi connectivity index (χ2n) is 4.55. The molecule has 0 saturated carbocycles. The summed E-state index contributed by atoms with van der Waals surface area (Å²) in [6, 6.07) is 1.68. The Balaban J connectivity index is 3.21. The third-order valence-electron chi connectivity index (χ3n) is 2.73. The first kappa shape index (κ1) is 15.6. The van der Waals surface area contributed by atoms with Crippen LogP contribution in [0.2, 0.25) is 0 Å². The van der Waals surface area contributed by atoms with Crippen LogP contribution in [0.5, 0.6) is 0 Å². The maximum Gasteiger partial charge on any atom is 0.244 e. The summed E-state index contributed by atoms with van der Waals surface area (Å²) in [6.07, 6.45) is 0.810. The average molecular weight is 290 g/mol. The highest BCUT2D eigenvalue weighted by molar-refractivity contribution is 7.89. The van der Waals surface area contributed by atoms with Gasteiger partial charge in [0.2, 0.25) is 10.0 Å². The Labute approximate surface area is 114 Å². The fourth-order valence-corrected chi connectivity index (χ4v) is 5.10. The minimum Gasteiger partial charge on any atom is -0.326 e. The first-order chi connectivity index (χ1) is 8.34.